The molecule has 1 amide bonds. The lowest BCUT2D eigenvalue weighted by Crippen LogP contribution is -2.36. The van der Waals surface area contributed by atoms with Crippen LogP contribution in [0.15, 0.2) is 29.2 Å². The van der Waals surface area contributed by atoms with Crippen molar-refractivity contribution in [3.63, 3.8) is 0 Å². The van der Waals surface area contributed by atoms with Crippen LogP contribution in [0, 0.1) is 0 Å². The molecular formula is C13H17NO4S. The fourth-order valence-electron chi connectivity index (χ4n) is 1.45. The molecule has 0 aliphatic heterocycles. The molecule has 104 valence electrons. The van der Waals surface area contributed by atoms with Crippen molar-refractivity contribution in [1.82, 2.24) is 5.32 Å². The maximum Gasteiger partial charge on any atom is 0.335 e. The van der Waals surface area contributed by atoms with Gasteiger partial charge in [0.2, 0.25) is 5.91 Å². The van der Waals surface area contributed by atoms with E-state index in [1.54, 1.807) is 19.2 Å². The van der Waals surface area contributed by atoms with Gasteiger partial charge >= 0.3 is 5.97 Å². The molecule has 0 heterocycles. The van der Waals surface area contributed by atoms with E-state index in [-0.39, 0.29) is 17.5 Å². The van der Waals surface area contributed by atoms with Crippen LogP contribution < -0.4 is 5.32 Å². The lowest BCUT2D eigenvalue weighted by molar-refractivity contribution is -0.119. The fraction of sp³-hybridized carbons (Fsp3) is 0.385. The Labute approximate surface area is 116 Å². The van der Waals surface area contributed by atoms with Gasteiger partial charge in [0.15, 0.2) is 0 Å². The van der Waals surface area contributed by atoms with Crippen LogP contribution in [0.1, 0.15) is 17.3 Å². The van der Waals surface area contributed by atoms with E-state index in [0.29, 0.717) is 12.4 Å². The minimum absolute atomic E-state index is 0.0208. The minimum Gasteiger partial charge on any atom is -0.478 e. The molecule has 0 bridgehead atoms. The zero-order valence-corrected chi connectivity index (χ0v) is 11.7. The van der Waals surface area contributed by atoms with E-state index < -0.39 is 5.97 Å². The molecule has 1 atom stereocenters. The van der Waals surface area contributed by atoms with Gasteiger partial charge in [-0.1, -0.05) is 0 Å². The number of aromatic carboxylic acids is 1. The molecule has 2 N–H and O–H groups in total. The molecule has 0 aromatic heterocycles. The third-order valence-corrected chi connectivity index (χ3v) is 3.31. The summed E-state index contributed by atoms with van der Waals surface area (Å²) in [6, 6.07) is 6.42. The number of nitrogens with one attached hydrogen (secondary N) is 1. The minimum atomic E-state index is -0.956. The van der Waals surface area contributed by atoms with Gasteiger partial charge in [0.05, 0.1) is 17.9 Å². The number of carboxylic acid groups (broad SMARTS) is 1. The van der Waals surface area contributed by atoms with E-state index in [9.17, 15) is 9.59 Å². The Morgan fingerprint density at radius 2 is 2.00 bits per heavy atom. The normalized spacial score (nSPS) is 11.9. The van der Waals surface area contributed by atoms with Gasteiger partial charge in [-0.15, -0.1) is 11.8 Å². The zero-order chi connectivity index (χ0) is 14.3. The first-order valence-corrected chi connectivity index (χ1v) is 6.76. The van der Waals surface area contributed by atoms with Crippen LogP contribution in [0.4, 0.5) is 0 Å². The number of thioether (sulfide) groups is 1. The molecule has 1 rings (SSSR count). The Morgan fingerprint density at radius 3 is 2.53 bits per heavy atom. The van der Waals surface area contributed by atoms with Gasteiger partial charge in [0.25, 0.3) is 0 Å². The van der Waals surface area contributed by atoms with E-state index in [2.05, 4.69) is 5.32 Å². The van der Waals surface area contributed by atoms with Gasteiger partial charge in [-0.2, -0.15) is 0 Å². The Bertz CT molecular complexity index is 433. The maximum absolute atomic E-state index is 11.6. The monoisotopic (exact) mass is 283 g/mol. The van der Waals surface area contributed by atoms with E-state index in [1.807, 2.05) is 6.92 Å². The molecule has 5 nitrogen and oxygen atoms in total. The Hall–Kier alpha value is -1.53. The summed E-state index contributed by atoms with van der Waals surface area (Å²) in [5.74, 6) is -0.736. The summed E-state index contributed by atoms with van der Waals surface area (Å²) < 4.78 is 4.93. The van der Waals surface area contributed by atoms with E-state index in [0.717, 1.165) is 4.90 Å². The van der Waals surface area contributed by atoms with Crippen molar-refractivity contribution in [2.45, 2.75) is 17.9 Å². The van der Waals surface area contributed by atoms with Gasteiger partial charge < -0.3 is 15.2 Å². The average Bonchev–Trinajstić information content (AvgIpc) is 2.37. The molecule has 6 heteroatoms. The van der Waals surface area contributed by atoms with Crippen molar-refractivity contribution >= 4 is 23.6 Å². The highest BCUT2D eigenvalue weighted by Crippen LogP contribution is 2.18. The first-order chi connectivity index (χ1) is 9.02. The van der Waals surface area contributed by atoms with Gasteiger partial charge in [-0.05, 0) is 31.2 Å². The number of methoxy groups -OCH3 is 1. The quantitative estimate of drug-likeness (QED) is 0.744. The van der Waals surface area contributed by atoms with Crippen molar-refractivity contribution < 1.29 is 19.4 Å². The Kier molecular flexibility index (Phi) is 6.38. The number of benzene rings is 1. The number of rotatable bonds is 7. The molecule has 0 spiro atoms. The second-order valence-electron chi connectivity index (χ2n) is 4.04. The van der Waals surface area contributed by atoms with Crippen LogP contribution in [-0.2, 0) is 9.53 Å². The van der Waals surface area contributed by atoms with Crippen LogP contribution >= 0.6 is 11.8 Å². The second-order valence-corrected chi connectivity index (χ2v) is 5.09. The summed E-state index contributed by atoms with van der Waals surface area (Å²) in [6.07, 6.45) is 0. The number of carboxylic acids is 1. The molecule has 0 fully saturated rings. The molecule has 0 saturated heterocycles. The number of amides is 1. The molecule has 0 aliphatic rings. The summed E-state index contributed by atoms with van der Waals surface area (Å²) >= 11 is 1.36. The SMILES string of the molecule is COCC(C)NC(=O)CSc1ccc(C(=O)O)cc1. The summed E-state index contributed by atoms with van der Waals surface area (Å²) in [7, 11) is 1.58. The highest BCUT2D eigenvalue weighted by atomic mass is 32.2. The zero-order valence-electron chi connectivity index (χ0n) is 10.9. The molecule has 0 saturated carbocycles. The van der Waals surface area contributed by atoms with Crippen molar-refractivity contribution in [3.8, 4) is 0 Å². The second kappa shape index (κ2) is 7.81. The summed E-state index contributed by atoms with van der Waals surface area (Å²) in [5.41, 5.74) is 0.238. The Balaban J connectivity index is 2.39. The van der Waals surface area contributed by atoms with Crippen molar-refractivity contribution in [1.29, 1.82) is 0 Å². The predicted molar refractivity (Wildman–Crippen MR) is 73.6 cm³/mol. The summed E-state index contributed by atoms with van der Waals surface area (Å²) in [6.45, 7) is 2.34. The van der Waals surface area contributed by atoms with Crippen molar-refractivity contribution in [2.75, 3.05) is 19.5 Å². The van der Waals surface area contributed by atoms with Gasteiger partial charge in [-0.3, -0.25) is 4.79 Å². The van der Waals surface area contributed by atoms with Crippen LogP contribution in [-0.4, -0.2) is 42.5 Å². The summed E-state index contributed by atoms with van der Waals surface area (Å²) in [4.78, 5) is 23.1. The molecule has 1 unspecified atom stereocenters. The summed E-state index contributed by atoms with van der Waals surface area (Å²) in [5, 5.41) is 11.6. The number of carbonyl (C=O) groups is 2. The largest absolute Gasteiger partial charge is 0.478 e. The first-order valence-electron chi connectivity index (χ1n) is 5.77. The maximum atomic E-state index is 11.6. The van der Waals surface area contributed by atoms with Crippen molar-refractivity contribution in [3.05, 3.63) is 29.8 Å². The number of ether oxygens (including phenoxy) is 1. The number of hydrogen-bond acceptors (Lipinski definition) is 4. The number of hydrogen-bond donors (Lipinski definition) is 2. The topological polar surface area (TPSA) is 75.6 Å². The lowest BCUT2D eigenvalue weighted by Gasteiger charge is -2.12. The fourth-order valence-corrected chi connectivity index (χ4v) is 2.16. The smallest absolute Gasteiger partial charge is 0.335 e. The van der Waals surface area contributed by atoms with Crippen LogP contribution in [0.5, 0.6) is 0 Å². The van der Waals surface area contributed by atoms with E-state index in [4.69, 9.17) is 9.84 Å². The third kappa shape index (κ3) is 5.76. The van der Waals surface area contributed by atoms with Gasteiger partial charge in [-0.25, -0.2) is 4.79 Å². The molecule has 1 aromatic carbocycles. The van der Waals surface area contributed by atoms with Crippen LogP contribution in [0.25, 0.3) is 0 Å². The molecule has 1 aromatic rings. The molecule has 19 heavy (non-hydrogen) atoms. The highest BCUT2D eigenvalue weighted by molar-refractivity contribution is 8.00. The van der Waals surface area contributed by atoms with Gasteiger partial charge in [0, 0.05) is 18.0 Å². The Morgan fingerprint density at radius 1 is 1.37 bits per heavy atom. The highest BCUT2D eigenvalue weighted by Gasteiger charge is 2.08. The van der Waals surface area contributed by atoms with Crippen LogP contribution in [0.3, 0.4) is 0 Å². The molecule has 0 aliphatic carbocycles. The van der Waals surface area contributed by atoms with E-state index >= 15 is 0 Å². The molecular weight excluding hydrogens is 266 g/mol. The standard InChI is InChI=1S/C13H17NO4S/c1-9(7-18-2)14-12(15)8-19-11-5-3-10(4-6-11)13(16)17/h3-6,9H,7-8H2,1-2H3,(H,14,15)(H,16,17). The van der Waals surface area contributed by atoms with Crippen molar-refractivity contribution in [2.24, 2.45) is 0 Å². The predicted octanol–water partition coefficient (Wildman–Crippen LogP) is 1.63. The molecule has 0 radical (unpaired) electrons. The first kappa shape index (κ1) is 15.5. The van der Waals surface area contributed by atoms with E-state index in [1.165, 1.54) is 23.9 Å². The lowest BCUT2D eigenvalue weighted by atomic mass is 10.2. The average molecular weight is 283 g/mol. The van der Waals surface area contributed by atoms with Gasteiger partial charge in [0.1, 0.15) is 0 Å². The number of carbonyl (C=O) groups excluding carboxylic acids is 1. The van der Waals surface area contributed by atoms with Crippen LogP contribution in [0.2, 0.25) is 0 Å². The third-order valence-electron chi connectivity index (χ3n) is 2.30.